The van der Waals surface area contributed by atoms with E-state index in [1.165, 1.54) is 0 Å². The third kappa shape index (κ3) is 4.45. The predicted octanol–water partition coefficient (Wildman–Crippen LogP) is 2.92. The average molecular weight is 329 g/mol. The van der Waals surface area contributed by atoms with Gasteiger partial charge in [-0.2, -0.15) is 5.10 Å². The third-order valence-corrected chi connectivity index (χ3v) is 3.92. The largest absolute Gasteiger partial charge is 0.396 e. The van der Waals surface area contributed by atoms with Crippen LogP contribution in [0.2, 0.25) is 0 Å². The molecule has 2 rings (SSSR count). The molecule has 130 valence electrons. The van der Waals surface area contributed by atoms with E-state index < -0.39 is 0 Å². The van der Waals surface area contributed by atoms with Crippen molar-refractivity contribution in [1.82, 2.24) is 15.1 Å². The monoisotopic (exact) mass is 329 g/mol. The minimum absolute atomic E-state index is 0.119. The molecule has 5 heteroatoms. The highest BCUT2D eigenvalue weighted by molar-refractivity contribution is 5.95. The first-order valence-electron chi connectivity index (χ1n) is 8.37. The number of hydrogen-bond donors (Lipinski definition) is 2. The molecule has 0 radical (unpaired) electrons. The van der Waals surface area contributed by atoms with Gasteiger partial charge < -0.3 is 10.4 Å². The zero-order chi connectivity index (χ0) is 17.7. The summed E-state index contributed by atoms with van der Waals surface area (Å²) in [7, 11) is 0. The molecule has 0 bridgehead atoms. The number of benzene rings is 1. The molecule has 0 saturated heterocycles. The zero-order valence-electron chi connectivity index (χ0n) is 14.9. The highest BCUT2D eigenvalue weighted by Gasteiger charge is 2.26. The van der Waals surface area contributed by atoms with Gasteiger partial charge >= 0.3 is 0 Å². The van der Waals surface area contributed by atoms with Crippen LogP contribution < -0.4 is 5.32 Å². The highest BCUT2D eigenvalue weighted by Crippen LogP contribution is 2.25. The van der Waals surface area contributed by atoms with Gasteiger partial charge in [0.05, 0.1) is 16.9 Å². The summed E-state index contributed by atoms with van der Waals surface area (Å²) in [6.45, 7) is 8.84. The van der Waals surface area contributed by atoms with E-state index in [9.17, 15) is 4.79 Å². The smallest absolute Gasteiger partial charge is 0.254 e. The van der Waals surface area contributed by atoms with E-state index in [0.29, 0.717) is 18.5 Å². The normalized spacial score (nSPS) is 12.9. The van der Waals surface area contributed by atoms with Crippen LogP contribution in [0.15, 0.2) is 36.5 Å². The number of aromatic nitrogens is 2. The molecule has 24 heavy (non-hydrogen) atoms. The Labute approximate surface area is 143 Å². The van der Waals surface area contributed by atoms with Crippen molar-refractivity contribution in [3.8, 4) is 5.69 Å². The number of carbonyl (C=O) groups is 1. The molecule has 0 saturated carbocycles. The summed E-state index contributed by atoms with van der Waals surface area (Å²) in [6.07, 6.45) is 2.47. The molecule has 0 fully saturated rings. The topological polar surface area (TPSA) is 67.2 Å². The molecular weight excluding hydrogens is 302 g/mol. The van der Waals surface area contributed by atoms with Crippen molar-refractivity contribution in [3.05, 3.63) is 47.8 Å². The Morgan fingerprint density at radius 1 is 1.29 bits per heavy atom. The molecule has 0 aliphatic heterocycles. The van der Waals surface area contributed by atoms with Crippen molar-refractivity contribution in [2.24, 2.45) is 5.92 Å². The van der Waals surface area contributed by atoms with Crippen molar-refractivity contribution in [3.63, 3.8) is 0 Å². The molecule has 1 amide bonds. The minimum atomic E-state index is -0.233. The number of nitrogens with one attached hydrogen (secondary N) is 1. The average Bonchev–Trinajstić information content (AvgIpc) is 2.99. The van der Waals surface area contributed by atoms with Crippen LogP contribution in [-0.4, -0.2) is 33.9 Å². The lowest BCUT2D eigenvalue weighted by molar-refractivity contribution is 0.0943. The Hall–Kier alpha value is -2.14. The van der Waals surface area contributed by atoms with Gasteiger partial charge in [0.1, 0.15) is 0 Å². The van der Waals surface area contributed by atoms with Crippen LogP contribution in [0.5, 0.6) is 0 Å². The summed E-state index contributed by atoms with van der Waals surface area (Å²) in [5, 5.41) is 16.6. The van der Waals surface area contributed by atoms with E-state index in [1.54, 1.807) is 10.9 Å². The molecule has 2 N–H and O–H groups in total. The van der Waals surface area contributed by atoms with Crippen molar-refractivity contribution in [1.29, 1.82) is 0 Å². The molecule has 0 aliphatic rings. The number of amides is 1. The molecule has 2 aromatic rings. The molecular formula is C19H27N3O2. The fraction of sp³-hybridized carbons (Fsp3) is 0.474. The van der Waals surface area contributed by atoms with E-state index in [2.05, 4.69) is 31.2 Å². The first-order valence-corrected chi connectivity index (χ1v) is 8.37. The van der Waals surface area contributed by atoms with Gasteiger partial charge in [-0.3, -0.25) is 4.79 Å². The van der Waals surface area contributed by atoms with Gasteiger partial charge in [0, 0.05) is 24.8 Å². The highest BCUT2D eigenvalue weighted by atomic mass is 16.3. The second-order valence-corrected chi connectivity index (χ2v) is 7.25. The van der Waals surface area contributed by atoms with E-state index in [-0.39, 0.29) is 23.8 Å². The minimum Gasteiger partial charge on any atom is -0.396 e. The Morgan fingerprint density at radius 3 is 2.54 bits per heavy atom. The zero-order valence-corrected chi connectivity index (χ0v) is 14.9. The van der Waals surface area contributed by atoms with Crippen molar-refractivity contribution in [2.45, 2.75) is 39.5 Å². The summed E-state index contributed by atoms with van der Waals surface area (Å²) in [6, 6.07) is 9.77. The van der Waals surface area contributed by atoms with Crippen LogP contribution in [0.1, 0.15) is 50.2 Å². The summed E-state index contributed by atoms with van der Waals surface area (Å²) < 4.78 is 1.76. The predicted molar refractivity (Wildman–Crippen MR) is 95.5 cm³/mol. The van der Waals surface area contributed by atoms with Crippen LogP contribution in [0.25, 0.3) is 5.69 Å². The van der Waals surface area contributed by atoms with Crippen LogP contribution in [0, 0.1) is 5.92 Å². The van der Waals surface area contributed by atoms with E-state index >= 15 is 0 Å². The van der Waals surface area contributed by atoms with Crippen LogP contribution >= 0.6 is 0 Å². The molecule has 1 heterocycles. The molecule has 1 aromatic carbocycles. The van der Waals surface area contributed by atoms with E-state index in [4.69, 9.17) is 5.11 Å². The molecule has 1 unspecified atom stereocenters. The fourth-order valence-corrected chi connectivity index (χ4v) is 2.49. The van der Waals surface area contributed by atoms with Gasteiger partial charge in [-0.25, -0.2) is 4.68 Å². The molecule has 0 spiro atoms. The quantitative estimate of drug-likeness (QED) is 0.856. The lowest BCUT2D eigenvalue weighted by atomic mass is 9.89. The number of nitrogens with zero attached hydrogens (tertiary/aromatic N) is 2. The second kappa shape index (κ2) is 7.62. The summed E-state index contributed by atoms with van der Waals surface area (Å²) in [4.78, 5) is 12.6. The maximum Gasteiger partial charge on any atom is 0.254 e. The number of hydrogen-bond acceptors (Lipinski definition) is 3. The molecule has 5 nitrogen and oxygen atoms in total. The Morgan fingerprint density at radius 2 is 1.96 bits per heavy atom. The Kier molecular flexibility index (Phi) is 5.78. The number of carbonyl (C=O) groups excluding carboxylic acids is 1. The van der Waals surface area contributed by atoms with Crippen molar-refractivity contribution < 1.29 is 9.90 Å². The number of para-hydroxylation sites is 1. The standard InChI is InChI=1S/C19H27N3O2/c1-14(10-11-23)12-20-18(24)16-13-22(15-8-6-5-7-9-15)21-17(16)19(2,3)4/h5-9,13-14,23H,10-12H2,1-4H3,(H,20,24). The SMILES string of the molecule is CC(CCO)CNC(=O)c1cn(-c2ccccc2)nc1C(C)(C)C. The second-order valence-electron chi connectivity index (χ2n) is 7.25. The van der Waals surface area contributed by atoms with Gasteiger partial charge in [0.25, 0.3) is 5.91 Å². The van der Waals surface area contributed by atoms with Gasteiger partial charge in [0.15, 0.2) is 0 Å². The Balaban J connectivity index is 2.27. The van der Waals surface area contributed by atoms with E-state index in [0.717, 1.165) is 11.4 Å². The van der Waals surface area contributed by atoms with E-state index in [1.807, 2.05) is 37.3 Å². The lowest BCUT2D eigenvalue weighted by Gasteiger charge is -2.17. The number of rotatable bonds is 6. The summed E-state index contributed by atoms with van der Waals surface area (Å²) in [5.41, 5.74) is 2.07. The summed E-state index contributed by atoms with van der Waals surface area (Å²) in [5.74, 6) is 0.119. The third-order valence-electron chi connectivity index (χ3n) is 3.92. The lowest BCUT2D eigenvalue weighted by Crippen LogP contribution is -2.30. The van der Waals surface area contributed by atoms with Crippen molar-refractivity contribution in [2.75, 3.05) is 13.2 Å². The van der Waals surface area contributed by atoms with Gasteiger partial charge in [-0.05, 0) is 24.5 Å². The van der Waals surface area contributed by atoms with Crippen molar-refractivity contribution >= 4 is 5.91 Å². The van der Waals surface area contributed by atoms with Gasteiger partial charge in [-0.1, -0.05) is 45.9 Å². The fourth-order valence-electron chi connectivity index (χ4n) is 2.49. The number of aliphatic hydroxyl groups excluding tert-OH is 1. The first-order chi connectivity index (χ1) is 11.3. The van der Waals surface area contributed by atoms with Gasteiger partial charge in [-0.15, -0.1) is 0 Å². The maximum absolute atomic E-state index is 12.6. The Bertz CT molecular complexity index is 672. The molecule has 0 aliphatic carbocycles. The van der Waals surface area contributed by atoms with Crippen LogP contribution in [0.4, 0.5) is 0 Å². The number of aliphatic hydroxyl groups is 1. The maximum atomic E-state index is 12.6. The van der Waals surface area contributed by atoms with Crippen LogP contribution in [-0.2, 0) is 5.41 Å². The van der Waals surface area contributed by atoms with Gasteiger partial charge in [0.2, 0.25) is 0 Å². The molecule has 1 atom stereocenters. The first kappa shape index (κ1) is 18.2. The van der Waals surface area contributed by atoms with Crippen LogP contribution in [0.3, 0.4) is 0 Å². The summed E-state index contributed by atoms with van der Waals surface area (Å²) >= 11 is 0. The molecule has 1 aromatic heterocycles.